The lowest BCUT2D eigenvalue weighted by Gasteiger charge is -2.38. The zero-order chi connectivity index (χ0) is 36.9. The normalized spacial score (nSPS) is 20.5. The van der Waals surface area contributed by atoms with Crippen molar-refractivity contribution in [1.29, 1.82) is 0 Å². The maximum Gasteiger partial charge on any atom is 0.389 e. The van der Waals surface area contributed by atoms with Crippen LogP contribution in [-0.4, -0.2) is 48.6 Å². The summed E-state index contributed by atoms with van der Waals surface area (Å²) in [6.45, 7) is 9.98. The highest BCUT2D eigenvalue weighted by Gasteiger charge is 2.31. The predicted molar refractivity (Wildman–Crippen MR) is 200 cm³/mol. The molecule has 0 bridgehead atoms. The van der Waals surface area contributed by atoms with Gasteiger partial charge in [0, 0.05) is 13.5 Å². The molecule has 0 atom stereocenters. The van der Waals surface area contributed by atoms with Gasteiger partial charge in [-0.15, -0.1) is 0 Å². The van der Waals surface area contributed by atoms with E-state index in [2.05, 4.69) is 55.6 Å². The Morgan fingerprint density at radius 1 is 0.680 bits per heavy atom. The molecule has 2 aliphatic rings. The second-order valence-corrected chi connectivity index (χ2v) is 14.4. The topological polar surface area (TPSA) is 77.8 Å². The lowest BCUT2D eigenvalue weighted by atomic mass is 9.68. The minimum absolute atomic E-state index is 0.0500. The van der Waals surface area contributed by atoms with Crippen LogP contribution in [-0.2, 0) is 17.6 Å². The van der Waals surface area contributed by atoms with Crippen molar-refractivity contribution < 1.29 is 33.3 Å². The molecule has 2 aliphatic carbocycles. The van der Waals surface area contributed by atoms with E-state index in [1.165, 1.54) is 79.2 Å². The van der Waals surface area contributed by atoms with Crippen LogP contribution in [0.1, 0.15) is 125 Å². The van der Waals surface area contributed by atoms with Crippen molar-refractivity contribution in [2.75, 3.05) is 20.3 Å². The minimum Gasteiger partial charge on any atom is -0.400 e. The van der Waals surface area contributed by atoms with Gasteiger partial charge in [-0.05, 0) is 135 Å². The maximum atomic E-state index is 12.4. The van der Waals surface area contributed by atoms with Gasteiger partial charge in [0.1, 0.15) is 6.79 Å². The molecule has 3 N–H and O–H groups in total. The lowest BCUT2D eigenvalue weighted by molar-refractivity contribution is -0.135. The van der Waals surface area contributed by atoms with E-state index >= 15 is 0 Å². The predicted octanol–water partition coefficient (Wildman–Crippen LogP) is 10.7. The standard InChI is InChI=1S/C41H57F3O2.CH4O.CH2O/c1-30(28-45)7-5-10-33-25-34(11-6-8-31(2)29-46)27-40(26-33)39-22-20-38(21-23-39)37-18-16-36(17-19-37)35-14-12-32(13-15-35)9-3-4-24-41(42,43)44;2*1-2/h20-23,25-27,32,35-37,45-46H,1-19,24,28-29H2;2H,1H3;1H2. The molecule has 0 radical (unpaired) electrons. The third-order valence-corrected chi connectivity index (χ3v) is 10.9. The lowest BCUT2D eigenvalue weighted by Crippen LogP contribution is -2.25. The quantitative estimate of drug-likeness (QED) is 0.113. The molecule has 2 saturated carbocycles. The average molecular weight is 701 g/mol. The molecule has 50 heavy (non-hydrogen) atoms. The number of hydrogen-bond acceptors (Lipinski definition) is 4. The van der Waals surface area contributed by atoms with Gasteiger partial charge in [0.2, 0.25) is 0 Å². The van der Waals surface area contributed by atoms with Crippen LogP contribution in [0.25, 0.3) is 11.1 Å². The Kier molecular flexibility index (Phi) is 20.6. The summed E-state index contributed by atoms with van der Waals surface area (Å²) in [4.78, 5) is 8.00. The molecule has 0 amide bonds. The van der Waals surface area contributed by atoms with Crippen molar-refractivity contribution in [1.82, 2.24) is 0 Å². The van der Waals surface area contributed by atoms with Gasteiger partial charge in [0.25, 0.3) is 0 Å². The Hall–Kier alpha value is -2.74. The molecule has 2 fully saturated rings. The van der Waals surface area contributed by atoms with Crippen LogP contribution in [0.15, 0.2) is 66.8 Å². The molecule has 0 spiro atoms. The van der Waals surface area contributed by atoms with Gasteiger partial charge in [0.15, 0.2) is 0 Å². The number of aliphatic hydroxyl groups excluding tert-OH is 3. The summed E-state index contributed by atoms with van der Waals surface area (Å²) in [6, 6.07) is 16.2. The summed E-state index contributed by atoms with van der Waals surface area (Å²) >= 11 is 0. The number of benzene rings is 2. The van der Waals surface area contributed by atoms with Crippen LogP contribution in [0.5, 0.6) is 0 Å². The highest BCUT2D eigenvalue weighted by molar-refractivity contribution is 5.65. The zero-order valence-corrected chi connectivity index (χ0v) is 30.5. The number of aryl methyl sites for hydroxylation is 2. The molecular formula is C43H63F3O4. The van der Waals surface area contributed by atoms with Gasteiger partial charge in [0.05, 0.1) is 13.2 Å². The zero-order valence-electron chi connectivity index (χ0n) is 30.5. The van der Waals surface area contributed by atoms with Crippen molar-refractivity contribution in [3.05, 3.63) is 83.5 Å². The molecule has 0 aliphatic heterocycles. The summed E-state index contributed by atoms with van der Waals surface area (Å²) in [5.74, 6) is 2.87. The van der Waals surface area contributed by atoms with Crippen LogP contribution in [0.4, 0.5) is 13.2 Å². The fraction of sp³-hybridized carbons (Fsp3) is 0.605. The summed E-state index contributed by atoms with van der Waals surface area (Å²) in [5.41, 5.74) is 8.34. The number of carbonyl (C=O) groups is 1. The van der Waals surface area contributed by atoms with Crippen molar-refractivity contribution in [2.45, 2.75) is 128 Å². The van der Waals surface area contributed by atoms with E-state index in [1.807, 2.05) is 6.79 Å². The summed E-state index contributed by atoms with van der Waals surface area (Å²) in [5, 5.41) is 25.7. The van der Waals surface area contributed by atoms with Crippen molar-refractivity contribution in [3.63, 3.8) is 0 Å². The summed E-state index contributed by atoms with van der Waals surface area (Å²) in [7, 11) is 1.00. The van der Waals surface area contributed by atoms with Crippen molar-refractivity contribution in [2.24, 2.45) is 17.8 Å². The first-order chi connectivity index (χ1) is 24.1. The van der Waals surface area contributed by atoms with Crippen LogP contribution in [0.3, 0.4) is 0 Å². The number of rotatable bonds is 17. The average Bonchev–Trinajstić information content (AvgIpc) is 3.15. The molecule has 2 aromatic carbocycles. The van der Waals surface area contributed by atoms with E-state index in [-0.39, 0.29) is 19.6 Å². The third kappa shape index (κ3) is 15.7. The third-order valence-electron chi connectivity index (χ3n) is 10.9. The van der Waals surface area contributed by atoms with Crippen molar-refractivity contribution in [3.8, 4) is 11.1 Å². The molecular weight excluding hydrogens is 637 g/mol. The van der Waals surface area contributed by atoms with Crippen LogP contribution < -0.4 is 0 Å². The van der Waals surface area contributed by atoms with E-state index in [0.29, 0.717) is 11.8 Å². The Balaban J connectivity index is 0.00000209. The molecule has 280 valence electrons. The Bertz CT molecular complexity index is 1200. The molecule has 0 saturated heterocycles. The van der Waals surface area contributed by atoms with Gasteiger partial charge >= 0.3 is 6.18 Å². The van der Waals surface area contributed by atoms with Gasteiger partial charge in [-0.1, -0.05) is 92.5 Å². The second-order valence-electron chi connectivity index (χ2n) is 14.4. The van der Waals surface area contributed by atoms with E-state index in [1.54, 1.807) is 0 Å². The second kappa shape index (κ2) is 23.7. The Morgan fingerprint density at radius 3 is 1.62 bits per heavy atom. The van der Waals surface area contributed by atoms with Gasteiger partial charge < -0.3 is 20.1 Å². The fourth-order valence-electron chi connectivity index (χ4n) is 8.04. The number of hydrogen-bond donors (Lipinski definition) is 3. The first kappa shape index (κ1) is 43.4. The van der Waals surface area contributed by atoms with Gasteiger partial charge in [-0.25, -0.2) is 0 Å². The number of alkyl halides is 3. The largest absolute Gasteiger partial charge is 0.400 e. The molecule has 0 heterocycles. The molecule has 4 nitrogen and oxygen atoms in total. The van der Waals surface area contributed by atoms with Crippen LogP contribution in [0.2, 0.25) is 0 Å². The number of unbranched alkanes of at least 4 members (excludes halogenated alkanes) is 1. The van der Waals surface area contributed by atoms with Gasteiger partial charge in [-0.3, -0.25) is 0 Å². The fourth-order valence-corrected chi connectivity index (χ4v) is 8.04. The minimum atomic E-state index is -4.01. The number of carbonyl (C=O) groups excluding carboxylic acids is 1. The molecule has 0 unspecified atom stereocenters. The highest BCUT2D eigenvalue weighted by Crippen LogP contribution is 2.45. The first-order valence-electron chi connectivity index (χ1n) is 18.7. The first-order valence-corrected chi connectivity index (χ1v) is 18.7. The Labute approximate surface area is 299 Å². The smallest absolute Gasteiger partial charge is 0.389 e. The molecule has 0 aromatic heterocycles. The molecule has 7 heteroatoms. The van der Waals surface area contributed by atoms with E-state index in [9.17, 15) is 23.4 Å². The SMILES string of the molecule is C=C(CO)CCCc1cc(CCCC(=C)CO)cc(-c2ccc(C3CCC(C4CCC(CCCCC(F)(F)F)CC4)CC3)cc2)c1.C=O.CO. The number of aliphatic hydroxyl groups is 3. The van der Waals surface area contributed by atoms with Crippen molar-refractivity contribution >= 4 is 6.79 Å². The molecule has 2 aromatic rings. The summed E-state index contributed by atoms with van der Waals surface area (Å²) in [6.07, 6.45) is 12.9. The van der Waals surface area contributed by atoms with Gasteiger partial charge in [-0.2, -0.15) is 13.2 Å². The number of halogens is 3. The van der Waals surface area contributed by atoms with Crippen LogP contribution in [0, 0.1) is 17.8 Å². The Morgan fingerprint density at radius 2 is 1.16 bits per heavy atom. The molecule has 4 rings (SSSR count). The van der Waals surface area contributed by atoms with E-state index < -0.39 is 12.6 Å². The maximum absolute atomic E-state index is 12.4. The van der Waals surface area contributed by atoms with E-state index in [0.717, 1.165) is 81.5 Å². The summed E-state index contributed by atoms with van der Waals surface area (Å²) < 4.78 is 37.3. The highest BCUT2D eigenvalue weighted by atomic mass is 19.4. The monoisotopic (exact) mass is 700 g/mol. The van der Waals surface area contributed by atoms with Crippen LogP contribution >= 0.6 is 0 Å². The van der Waals surface area contributed by atoms with E-state index in [4.69, 9.17) is 9.90 Å².